The molecule has 0 saturated heterocycles. The summed E-state index contributed by atoms with van der Waals surface area (Å²) in [5, 5.41) is 2.34. The minimum Gasteiger partial charge on any atom is -0.493 e. The highest BCUT2D eigenvalue weighted by Gasteiger charge is 2.56. The van der Waals surface area contributed by atoms with Crippen LogP contribution in [-0.2, 0) is 0 Å². The Hall–Kier alpha value is -3.50. The predicted octanol–water partition coefficient (Wildman–Crippen LogP) is 3.50. The lowest BCUT2D eigenvalue weighted by atomic mass is 10.3. The van der Waals surface area contributed by atoms with Crippen molar-refractivity contribution in [1.29, 1.82) is 0 Å². The van der Waals surface area contributed by atoms with Gasteiger partial charge in [-0.25, -0.2) is 27.9 Å². The van der Waals surface area contributed by atoms with E-state index in [2.05, 4.69) is 15.3 Å². The number of urea groups is 1. The van der Waals surface area contributed by atoms with Gasteiger partial charge < -0.3 is 24.9 Å². The molecular formula is C20H19F3N4O4. The topological polar surface area (TPSA) is 113 Å². The first kappa shape index (κ1) is 20.8. The highest BCUT2D eigenvalue weighted by Crippen LogP contribution is 2.50. The number of benzene rings is 1. The van der Waals surface area contributed by atoms with Gasteiger partial charge in [0.2, 0.25) is 5.89 Å². The summed E-state index contributed by atoms with van der Waals surface area (Å²) in [4.78, 5) is 18.8. The van der Waals surface area contributed by atoms with Crippen molar-refractivity contribution >= 4 is 17.1 Å². The molecule has 11 heteroatoms. The largest absolute Gasteiger partial charge is 0.493 e. The van der Waals surface area contributed by atoms with Gasteiger partial charge >= 0.3 is 6.03 Å². The number of rotatable bonds is 9. The summed E-state index contributed by atoms with van der Waals surface area (Å²) in [6, 6.07) is 5.28. The van der Waals surface area contributed by atoms with E-state index in [9.17, 15) is 18.0 Å². The lowest BCUT2D eigenvalue weighted by Crippen LogP contribution is -2.32. The van der Waals surface area contributed by atoms with Gasteiger partial charge in [-0.15, -0.1) is 0 Å². The van der Waals surface area contributed by atoms with E-state index in [-0.39, 0.29) is 49.9 Å². The lowest BCUT2D eigenvalue weighted by Gasteiger charge is -2.06. The summed E-state index contributed by atoms with van der Waals surface area (Å²) in [7, 11) is 0. The zero-order valence-electron chi connectivity index (χ0n) is 16.2. The third-order valence-corrected chi connectivity index (χ3v) is 4.74. The molecule has 1 fully saturated rings. The number of nitrogens with two attached hydrogens (primary N) is 1. The molecule has 31 heavy (non-hydrogen) atoms. The van der Waals surface area contributed by atoms with Gasteiger partial charge in [0.1, 0.15) is 23.6 Å². The van der Waals surface area contributed by atoms with Crippen LogP contribution in [0.1, 0.15) is 12.8 Å². The van der Waals surface area contributed by atoms with Gasteiger partial charge in [-0.2, -0.15) is 0 Å². The maximum absolute atomic E-state index is 14.5. The van der Waals surface area contributed by atoms with E-state index in [4.69, 9.17) is 19.6 Å². The number of nitrogens with zero attached hydrogens (tertiary/aromatic N) is 2. The Morgan fingerprint density at radius 3 is 2.74 bits per heavy atom. The molecule has 1 atom stereocenters. The maximum atomic E-state index is 14.5. The van der Waals surface area contributed by atoms with Crippen LogP contribution in [0.4, 0.5) is 18.0 Å². The van der Waals surface area contributed by atoms with Gasteiger partial charge in [-0.05, 0) is 18.6 Å². The molecule has 0 aliphatic heterocycles. The van der Waals surface area contributed by atoms with E-state index in [0.717, 1.165) is 6.07 Å². The summed E-state index contributed by atoms with van der Waals surface area (Å²) in [6.45, 7) is 0.421. The third-order valence-electron chi connectivity index (χ3n) is 4.74. The smallest absolute Gasteiger partial charge is 0.312 e. The molecule has 8 nitrogen and oxygen atoms in total. The number of halogens is 3. The van der Waals surface area contributed by atoms with Gasteiger partial charge in [0.15, 0.2) is 17.1 Å². The zero-order chi connectivity index (χ0) is 22.0. The fourth-order valence-corrected chi connectivity index (χ4v) is 3.00. The molecule has 3 aromatic rings. The van der Waals surface area contributed by atoms with E-state index in [1.807, 2.05) is 0 Å². The number of amides is 2. The first-order valence-corrected chi connectivity index (χ1v) is 9.55. The Morgan fingerprint density at radius 2 is 2.03 bits per heavy atom. The monoisotopic (exact) mass is 436 g/mol. The van der Waals surface area contributed by atoms with Crippen molar-refractivity contribution in [2.75, 3.05) is 19.8 Å². The number of primary amides is 1. The molecule has 0 bridgehead atoms. The molecule has 4 rings (SSSR count). The summed E-state index contributed by atoms with van der Waals surface area (Å²) in [5.41, 5.74) is 5.66. The predicted molar refractivity (Wildman–Crippen MR) is 103 cm³/mol. The standard InChI is InChI=1S/C20H19F3N4O4/c21-14-7-13(30-6-4-25-19(24)28)10-26-17(14)18-27-15-2-1-12(8-16(15)31-18)29-5-3-11-9-20(11,22)23/h1-2,7-8,10-11H,3-6,9H2,(H3,24,25,28). The van der Waals surface area contributed by atoms with Crippen LogP contribution in [0.15, 0.2) is 34.9 Å². The Kier molecular flexibility index (Phi) is 5.57. The quantitative estimate of drug-likeness (QED) is 0.497. The summed E-state index contributed by atoms with van der Waals surface area (Å²) in [5.74, 6) is -3.29. The number of aromatic nitrogens is 2. The number of hydrogen-bond donors (Lipinski definition) is 2. The molecule has 0 spiro atoms. The highest BCUT2D eigenvalue weighted by atomic mass is 19.3. The van der Waals surface area contributed by atoms with Crippen molar-refractivity contribution < 1.29 is 31.9 Å². The summed E-state index contributed by atoms with van der Waals surface area (Å²) >= 11 is 0. The number of nitrogens with one attached hydrogen (secondary N) is 1. The Balaban J connectivity index is 1.40. The molecule has 2 heterocycles. The average Bonchev–Trinajstić information content (AvgIpc) is 3.12. The van der Waals surface area contributed by atoms with Crippen LogP contribution in [-0.4, -0.2) is 41.7 Å². The first-order valence-electron chi connectivity index (χ1n) is 9.55. The Labute approximate surface area is 174 Å². The Morgan fingerprint density at radius 1 is 1.26 bits per heavy atom. The number of carbonyl (C=O) groups excluding carboxylic acids is 1. The number of fused-ring (bicyclic) bond motifs is 1. The fourth-order valence-electron chi connectivity index (χ4n) is 3.00. The maximum Gasteiger partial charge on any atom is 0.312 e. The zero-order valence-corrected chi connectivity index (χ0v) is 16.2. The minimum atomic E-state index is -2.56. The number of hydrogen-bond acceptors (Lipinski definition) is 6. The normalized spacial score (nSPS) is 16.8. The van der Waals surface area contributed by atoms with Crippen LogP contribution in [0.25, 0.3) is 22.7 Å². The van der Waals surface area contributed by atoms with Crippen LogP contribution < -0.4 is 20.5 Å². The second-order valence-electron chi connectivity index (χ2n) is 7.09. The number of alkyl halides is 2. The molecule has 1 aliphatic rings. The number of oxazole rings is 1. The molecule has 1 aliphatic carbocycles. The first-order chi connectivity index (χ1) is 14.8. The molecule has 2 amide bonds. The minimum absolute atomic E-state index is 0.0239. The van der Waals surface area contributed by atoms with E-state index < -0.39 is 23.7 Å². The molecule has 3 N–H and O–H groups in total. The molecule has 1 unspecified atom stereocenters. The number of ether oxygens (including phenoxy) is 2. The second-order valence-corrected chi connectivity index (χ2v) is 7.09. The molecule has 0 radical (unpaired) electrons. The van der Waals surface area contributed by atoms with Gasteiger partial charge in [0.25, 0.3) is 5.92 Å². The van der Waals surface area contributed by atoms with Crippen molar-refractivity contribution in [2.45, 2.75) is 18.8 Å². The average molecular weight is 436 g/mol. The van der Waals surface area contributed by atoms with Gasteiger partial charge in [0.05, 0.1) is 19.3 Å². The van der Waals surface area contributed by atoms with Gasteiger partial charge in [0, 0.05) is 24.5 Å². The number of carbonyl (C=O) groups is 1. The van der Waals surface area contributed by atoms with Gasteiger partial charge in [-0.1, -0.05) is 0 Å². The van der Waals surface area contributed by atoms with Crippen molar-refractivity contribution in [1.82, 2.24) is 15.3 Å². The molecule has 1 aromatic carbocycles. The van der Waals surface area contributed by atoms with Crippen LogP contribution in [0, 0.1) is 11.7 Å². The highest BCUT2D eigenvalue weighted by molar-refractivity contribution is 5.77. The fraction of sp³-hybridized carbons (Fsp3) is 0.350. The van der Waals surface area contributed by atoms with E-state index in [1.54, 1.807) is 18.2 Å². The van der Waals surface area contributed by atoms with E-state index in [0.29, 0.717) is 16.8 Å². The van der Waals surface area contributed by atoms with Gasteiger partial charge in [-0.3, -0.25) is 0 Å². The SMILES string of the molecule is NC(=O)NCCOc1cnc(-c2nc3ccc(OCCC4CC4(F)F)cc3o2)c(F)c1. The molecule has 2 aromatic heterocycles. The summed E-state index contributed by atoms with van der Waals surface area (Å²) in [6.07, 6.45) is 1.49. The second kappa shape index (κ2) is 8.32. The van der Waals surface area contributed by atoms with Crippen LogP contribution in [0.3, 0.4) is 0 Å². The van der Waals surface area contributed by atoms with Crippen LogP contribution >= 0.6 is 0 Å². The molecule has 1 saturated carbocycles. The van der Waals surface area contributed by atoms with Crippen molar-refractivity contribution in [3.8, 4) is 23.1 Å². The number of pyridine rings is 1. The summed E-state index contributed by atoms with van der Waals surface area (Å²) < 4.78 is 56.7. The van der Waals surface area contributed by atoms with Crippen molar-refractivity contribution in [3.63, 3.8) is 0 Å². The van der Waals surface area contributed by atoms with Crippen LogP contribution in [0.5, 0.6) is 11.5 Å². The van der Waals surface area contributed by atoms with Crippen LogP contribution in [0.2, 0.25) is 0 Å². The lowest BCUT2D eigenvalue weighted by molar-refractivity contribution is 0.0930. The Bertz CT molecular complexity index is 1110. The van der Waals surface area contributed by atoms with E-state index >= 15 is 0 Å². The van der Waals surface area contributed by atoms with E-state index in [1.165, 1.54) is 6.20 Å². The van der Waals surface area contributed by atoms with Crippen molar-refractivity contribution in [2.24, 2.45) is 11.7 Å². The van der Waals surface area contributed by atoms with Crippen molar-refractivity contribution in [3.05, 3.63) is 36.3 Å². The third kappa shape index (κ3) is 4.98. The molecule has 164 valence electrons. The molecular weight excluding hydrogens is 417 g/mol.